The molecule has 1 aliphatic heterocycles. The summed E-state index contributed by atoms with van der Waals surface area (Å²) in [6, 6.07) is 10.5. The number of halogens is 1. The fraction of sp³-hybridized carbons (Fsp3) is 0.217. The van der Waals surface area contributed by atoms with Crippen LogP contribution >= 0.6 is 11.6 Å². The lowest BCUT2D eigenvalue weighted by molar-refractivity contribution is 0.0924. The van der Waals surface area contributed by atoms with Gasteiger partial charge in [0.1, 0.15) is 23.6 Å². The highest BCUT2D eigenvalue weighted by Gasteiger charge is 2.25. The third-order valence-electron chi connectivity index (χ3n) is 5.56. The third kappa shape index (κ3) is 4.40. The zero-order chi connectivity index (χ0) is 23.5. The first-order valence-corrected chi connectivity index (χ1v) is 11.0. The van der Waals surface area contributed by atoms with Crippen molar-refractivity contribution < 1.29 is 9.53 Å². The summed E-state index contributed by atoms with van der Waals surface area (Å²) < 4.78 is 7.53. The van der Waals surface area contributed by atoms with Gasteiger partial charge in [0.2, 0.25) is 0 Å². The van der Waals surface area contributed by atoms with Crippen LogP contribution < -0.4 is 15.4 Å². The first-order chi connectivity index (χ1) is 16.6. The van der Waals surface area contributed by atoms with Crippen LogP contribution in [0.2, 0.25) is 5.02 Å². The van der Waals surface area contributed by atoms with Crippen LogP contribution in [0.1, 0.15) is 34.2 Å². The van der Waals surface area contributed by atoms with Gasteiger partial charge in [0.15, 0.2) is 11.6 Å². The number of nitrogens with zero attached hydrogens (tertiary/aromatic N) is 6. The predicted molar refractivity (Wildman–Crippen MR) is 125 cm³/mol. The summed E-state index contributed by atoms with van der Waals surface area (Å²) in [4.78, 5) is 25.4. The smallest absolute Gasteiger partial charge is 0.251 e. The van der Waals surface area contributed by atoms with Crippen molar-refractivity contribution in [3.05, 3.63) is 77.1 Å². The van der Waals surface area contributed by atoms with Crippen molar-refractivity contribution in [2.24, 2.45) is 7.05 Å². The maximum atomic E-state index is 13.0. The van der Waals surface area contributed by atoms with Crippen LogP contribution in [0.4, 0.5) is 5.82 Å². The fourth-order valence-corrected chi connectivity index (χ4v) is 4.01. The van der Waals surface area contributed by atoms with E-state index in [-0.39, 0.29) is 11.9 Å². The van der Waals surface area contributed by atoms with Gasteiger partial charge in [-0.15, -0.1) is 10.2 Å². The zero-order valence-corrected chi connectivity index (χ0v) is 19.0. The van der Waals surface area contributed by atoms with Gasteiger partial charge in [0.05, 0.1) is 24.2 Å². The summed E-state index contributed by atoms with van der Waals surface area (Å²) >= 11 is 6.24. The molecule has 3 aromatic heterocycles. The second-order valence-corrected chi connectivity index (χ2v) is 8.11. The molecule has 10 nitrogen and oxygen atoms in total. The quantitative estimate of drug-likeness (QED) is 0.435. The predicted octanol–water partition coefficient (Wildman–Crippen LogP) is 3.19. The van der Waals surface area contributed by atoms with Crippen LogP contribution in [0.25, 0.3) is 11.5 Å². The number of pyridine rings is 1. The first-order valence-electron chi connectivity index (χ1n) is 10.7. The Hall–Kier alpha value is -4.05. The molecule has 1 atom stereocenters. The van der Waals surface area contributed by atoms with Crippen molar-refractivity contribution in [2.45, 2.75) is 19.0 Å². The van der Waals surface area contributed by atoms with Gasteiger partial charge in [0, 0.05) is 37.0 Å². The molecule has 4 heterocycles. The number of hydrogen-bond donors (Lipinski definition) is 2. The number of fused-ring (bicyclic) bond motifs is 1. The number of benzene rings is 1. The summed E-state index contributed by atoms with van der Waals surface area (Å²) in [5, 5.41) is 15.3. The molecular formula is C23H21ClN8O2. The van der Waals surface area contributed by atoms with Crippen LogP contribution in [-0.4, -0.2) is 42.2 Å². The Balaban J connectivity index is 1.27. The van der Waals surface area contributed by atoms with Crippen molar-refractivity contribution >= 4 is 23.3 Å². The highest BCUT2D eigenvalue weighted by molar-refractivity contribution is 6.32. The van der Waals surface area contributed by atoms with Gasteiger partial charge in [-0.1, -0.05) is 23.7 Å². The Morgan fingerprint density at radius 2 is 2.12 bits per heavy atom. The molecule has 1 aliphatic rings. The molecule has 4 aromatic rings. The van der Waals surface area contributed by atoms with Gasteiger partial charge in [-0.3, -0.25) is 4.79 Å². The number of aromatic nitrogens is 6. The average molecular weight is 477 g/mol. The molecule has 0 fully saturated rings. The minimum atomic E-state index is -0.201. The van der Waals surface area contributed by atoms with E-state index in [1.54, 1.807) is 36.7 Å². The van der Waals surface area contributed by atoms with Crippen molar-refractivity contribution in [2.75, 3.05) is 11.9 Å². The Kier molecular flexibility index (Phi) is 6.05. The van der Waals surface area contributed by atoms with Gasteiger partial charge in [-0.25, -0.2) is 15.0 Å². The second kappa shape index (κ2) is 9.44. The van der Waals surface area contributed by atoms with Gasteiger partial charge in [0.25, 0.3) is 5.91 Å². The molecule has 34 heavy (non-hydrogen) atoms. The lowest BCUT2D eigenvalue weighted by atomic mass is 10.00. The molecule has 0 unspecified atom stereocenters. The van der Waals surface area contributed by atoms with E-state index in [1.165, 1.54) is 6.33 Å². The van der Waals surface area contributed by atoms with E-state index in [0.29, 0.717) is 59.1 Å². The minimum Gasteiger partial charge on any atom is -0.492 e. The number of ether oxygens (including phenoxy) is 1. The normalized spacial score (nSPS) is 14.7. The molecular weight excluding hydrogens is 456 g/mol. The molecule has 0 radical (unpaired) electrons. The van der Waals surface area contributed by atoms with Crippen molar-refractivity contribution in [1.82, 2.24) is 35.0 Å². The first kappa shape index (κ1) is 21.8. The van der Waals surface area contributed by atoms with E-state index >= 15 is 0 Å². The second-order valence-electron chi connectivity index (χ2n) is 7.70. The topological polar surface area (TPSA) is 120 Å². The van der Waals surface area contributed by atoms with Crippen molar-refractivity contribution in [3.63, 3.8) is 0 Å². The zero-order valence-electron chi connectivity index (χ0n) is 18.3. The van der Waals surface area contributed by atoms with Gasteiger partial charge >= 0.3 is 0 Å². The monoisotopic (exact) mass is 476 g/mol. The number of nitrogens with one attached hydrogen (secondary N) is 2. The molecule has 172 valence electrons. The molecule has 0 saturated carbocycles. The average Bonchev–Trinajstić information content (AvgIpc) is 3.24. The van der Waals surface area contributed by atoms with Crippen LogP contribution in [-0.2, 0) is 13.6 Å². The maximum absolute atomic E-state index is 13.0. The number of hydrogen-bond acceptors (Lipinski definition) is 8. The Morgan fingerprint density at radius 1 is 1.21 bits per heavy atom. The standard InChI is InChI=1S/C23H21ClN8O2/c1-32-20(30-31-22(32)18-6-8-25-13-28-18)12-27-19-11-14(5-9-26-19)23(33)29-17-7-10-34-21-15(17)3-2-4-16(21)24/h2-6,8-9,11,13,17H,7,10,12H2,1H3,(H,26,27)(H,29,33)/t17-/m0/s1. The molecule has 0 saturated heterocycles. The van der Waals surface area contributed by atoms with Crippen LogP contribution in [0.5, 0.6) is 5.75 Å². The summed E-state index contributed by atoms with van der Waals surface area (Å²) in [5.41, 5.74) is 2.05. The lowest BCUT2D eigenvalue weighted by Gasteiger charge is -2.27. The summed E-state index contributed by atoms with van der Waals surface area (Å²) in [6.45, 7) is 0.859. The molecule has 0 spiro atoms. The SMILES string of the molecule is Cn1c(CNc2cc(C(=O)N[C@H]3CCOc4c(Cl)cccc43)ccn2)nnc1-c1ccncn1. The van der Waals surface area contributed by atoms with E-state index in [9.17, 15) is 4.79 Å². The van der Waals surface area contributed by atoms with E-state index in [0.717, 1.165) is 5.56 Å². The van der Waals surface area contributed by atoms with Gasteiger partial charge in [-0.05, 0) is 24.3 Å². The molecule has 0 bridgehead atoms. The Labute approximate surface area is 200 Å². The largest absolute Gasteiger partial charge is 0.492 e. The number of carbonyl (C=O) groups excluding carboxylic acids is 1. The number of carbonyl (C=O) groups is 1. The number of amides is 1. The Bertz CT molecular complexity index is 1330. The molecule has 5 rings (SSSR count). The van der Waals surface area contributed by atoms with Crippen molar-refractivity contribution in [3.8, 4) is 17.3 Å². The molecule has 1 amide bonds. The van der Waals surface area contributed by atoms with Gasteiger partial charge in [-0.2, -0.15) is 0 Å². The highest BCUT2D eigenvalue weighted by Crippen LogP contribution is 2.37. The molecule has 11 heteroatoms. The fourth-order valence-electron chi connectivity index (χ4n) is 3.78. The van der Waals surface area contributed by atoms with Crippen LogP contribution in [0.3, 0.4) is 0 Å². The molecule has 0 aliphatic carbocycles. The van der Waals surface area contributed by atoms with Gasteiger partial charge < -0.3 is 19.9 Å². The maximum Gasteiger partial charge on any atom is 0.251 e. The highest BCUT2D eigenvalue weighted by atomic mass is 35.5. The molecule has 2 N–H and O–H groups in total. The van der Waals surface area contributed by atoms with E-state index in [2.05, 4.69) is 35.8 Å². The van der Waals surface area contributed by atoms with Crippen LogP contribution in [0, 0.1) is 0 Å². The summed E-state index contributed by atoms with van der Waals surface area (Å²) in [5.74, 6) is 2.31. The summed E-state index contributed by atoms with van der Waals surface area (Å²) in [7, 11) is 1.86. The lowest BCUT2D eigenvalue weighted by Crippen LogP contribution is -2.32. The molecule has 1 aromatic carbocycles. The number of para-hydroxylation sites is 1. The van der Waals surface area contributed by atoms with Crippen LogP contribution in [0.15, 0.2) is 55.1 Å². The van der Waals surface area contributed by atoms with E-state index in [4.69, 9.17) is 16.3 Å². The number of rotatable bonds is 6. The minimum absolute atomic E-state index is 0.182. The van der Waals surface area contributed by atoms with Crippen molar-refractivity contribution in [1.29, 1.82) is 0 Å². The third-order valence-corrected chi connectivity index (χ3v) is 5.85. The van der Waals surface area contributed by atoms with E-state index < -0.39 is 0 Å². The Morgan fingerprint density at radius 3 is 2.97 bits per heavy atom. The summed E-state index contributed by atoms with van der Waals surface area (Å²) in [6.07, 6.45) is 5.38. The van der Waals surface area contributed by atoms with E-state index in [1.807, 2.05) is 23.7 Å². The number of anilines is 1.